The lowest BCUT2D eigenvalue weighted by Crippen LogP contribution is -2.44. The predicted octanol–water partition coefficient (Wildman–Crippen LogP) is 2.40. The van der Waals surface area contributed by atoms with Gasteiger partial charge in [-0.25, -0.2) is 4.39 Å². The molecule has 0 saturated carbocycles. The van der Waals surface area contributed by atoms with Gasteiger partial charge in [0, 0.05) is 29.9 Å². The van der Waals surface area contributed by atoms with Gasteiger partial charge in [0.05, 0.1) is 6.61 Å². The molecule has 3 amide bonds. The highest BCUT2D eigenvalue weighted by molar-refractivity contribution is 6.31. The molecule has 1 fully saturated rings. The molecule has 0 aromatic heterocycles. The Labute approximate surface area is 178 Å². The summed E-state index contributed by atoms with van der Waals surface area (Å²) in [6, 6.07) is 11.9. The average molecular weight is 434 g/mol. The van der Waals surface area contributed by atoms with Gasteiger partial charge in [-0.15, -0.1) is 0 Å². The van der Waals surface area contributed by atoms with Crippen LogP contribution in [-0.4, -0.2) is 67.5 Å². The van der Waals surface area contributed by atoms with E-state index in [1.54, 1.807) is 18.2 Å². The molecule has 1 aliphatic rings. The van der Waals surface area contributed by atoms with Crippen molar-refractivity contribution in [2.45, 2.75) is 0 Å². The number of ether oxygens (including phenoxy) is 1. The summed E-state index contributed by atoms with van der Waals surface area (Å²) in [6.07, 6.45) is 0. The van der Waals surface area contributed by atoms with Gasteiger partial charge in [-0.3, -0.25) is 19.3 Å². The largest absolute Gasteiger partial charge is 0.383 e. The number of carbonyl (C=O) groups excluding carboxylic acids is 3. The van der Waals surface area contributed by atoms with Gasteiger partial charge in [-0.1, -0.05) is 17.7 Å². The highest BCUT2D eigenvalue weighted by Crippen LogP contribution is 2.20. The number of amides is 3. The molecule has 1 aliphatic heterocycles. The van der Waals surface area contributed by atoms with Crippen LogP contribution in [0.15, 0.2) is 48.5 Å². The number of nitrogens with zero attached hydrogens (tertiary/aromatic N) is 3. The normalized spacial score (nSPS) is 13.6. The molecule has 158 valence electrons. The van der Waals surface area contributed by atoms with Gasteiger partial charge in [0.2, 0.25) is 11.8 Å². The quantitative estimate of drug-likeness (QED) is 0.672. The molecule has 1 saturated heterocycles. The molecule has 9 heteroatoms. The lowest BCUT2D eigenvalue weighted by Gasteiger charge is -2.25. The number of hydrogen-bond acceptors (Lipinski definition) is 4. The van der Waals surface area contributed by atoms with Gasteiger partial charge in [0.15, 0.2) is 0 Å². The fraction of sp³-hybridized carbons (Fsp3) is 0.286. The van der Waals surface area contributed by atoms with Crippen molar-refractivity contribution < 1.29 is 23.5 Å². The minimum Gasteiger partial charge on any atom is -0.383 e. The van der Waals surface area contributed by atoms with Gasteiger partial charge >= 0.3 is 0 Å². The van der Waals surface area contributed by atoms with Crippen LogP contribution in [-0.2, 0) is 14.3 Å². The van der Waals surface area contributed by atoms with Crippen molar-refractivity contribution in [2.24, 2.45) is 0 Å². The van der Waals surface area contributed by atoms with Crippen molar-refractivity contribution in [3.8, 4) is 0 Å². The zero-order chi connectivity index (χ0) is 21.7. The zero-order valence-electron chi connectivity index (χ0n) is 16.4. The minimum atomic E-state index is -0.411. The predicted molar refractivity (Wildman–Crippen MR) is 110 cm³/mol. The number of rotatable bonds is 7. The molecule has 0 aliphatic carbocycles. The summed E-state index contributed by atoms with van der Waals surface area (Å²) >= 11 is 5.97. The van der Waals surface area contributed by atoms with Gasteiger partial charge in [0.25, 0.3) is 5.91 Å². The Morgan fingerprint density at radius 1 is 1.20 bits per heavy atom. The fourth-order valence-corrected chi connectivity index (χ4v) is 3.27. The van der Waals surface area contributed by atoms with Gasteiger partial charge < -0.3 is 14.5 Å². The van der Waals surface area contributed by atoms with E-state index in [1.165, 1.54) is 52.1 Å². The maximum atomic E-state index is 13.1. The molecule has 0 radical (unpaired) electrons. The Morgan fingerprint density at radius 2 is 1.93 bits per heavy atom. The molecular weight excluding hydrogens is 413 g/mol. The van der Waals surface area contributed by atoms with Crippen molar-refractivity contribution >= 4 is 35.0 Å². The second-order valence-corrected chi connectivity index (χ2v) is 7.20. The summed E-state index contributed by atoms with van der Waals surface area (Å²) in [5.41, 5.74) is 0.861. The van der Waals surface area contributed by atoms with Crippen LogP contribution in [0.3, 0.4) is 0 Å². The first-order valence-electron chi connectivity index (χ1n) is 9.26. The molecule has 1 heterocycles. The van der Waals surface area contributed by atoms with Crippen LogP contribution < -0.4 is 4.90 Å². The summed E-state index contributed by atoms with van der Waals surface area (Å²) in [5, 5.41) is 0.416. The van der Waals surface area contributed by atoms with Gasteiger partial charge in [-0.05, 0) is 42.5 Å². The van der Waals surface area contributed by atoms with E-state index < -0.39 is 5.82 Å². The standard InChI is InChI=1S/C21H21ClFN3O4/c1-30-10-9-24(21(29)15-3-2-4-16(22)11-15)12-19(27)25-13-20(28)26(14-25)18-7-5-17(23)6-8-18/h2-8,11H,9-10,12-14H2,1H3. The molecule has 0 N–H and O–H groups in total. The third-order valence-corrected chi connectivity index (χ3v) is 4.92. The van der Waals surface area contributed by atoms with Crippen LogP contribution in [0.25, 0.3) is 0 Å². The highest BCUT2D eigenvalue weighted by atomic mass is 35.5. The maximum Gasteiger partial charge on any atom is 0.254 e. The zero-order valence-corrected chi connectivity index (χ0v) is 17.1. The van der Waals surface area contributed by atoms with E-state index in [9.17, 15) is 18.8 Å². The van der Waals surface area contributed by atoms with E-state index in [2.05, 4.69) is 0 Å². The van der Waals surface area contributed by atoms with Crippen LogP contribution in [0.4, 0.5) is 10.1 Å². The topological polar surface area (TPSA) is 70.2 Å². The first-order chi connectivity index (χ1) is 14.4. The van der Waals surface area contributed by atoms with Crippen LogP contribution in [0.5, 0.6) is 0 Å². The van der Waals surface area contributed by atoms with Crippen molar-refractivity contribution in [3.63, 3.8) is 0 Å². The summed E-state index contributed by atoms with van der Waals surface area (Å²) in [5.74, 6) is -1.42. The molecule has 3 rings (SSSR count). The number of methoxy groups -OCH3 is 1. The van der Waals surface area contributed by atoms with E-state index >= 15 is 0 Å². The number of hydrogen-bond donors (Lipinski definition) is 0. The van der Waals surface area contributed by atoms with E-state index in [4.69, 9.17) is 16.3 Å². The molecule has 0 atom stereocenters. The molecule has 7 nitrogen and oxygen atoms in total. The number of benzene rings is 2. The Morgan fingerprint density at radius 3 is 2.60 bits per heavy atom. The molecule has 0 bridgehead atoms. The summed E-state index contributed by atoms with van der Waals surface area (Å²) in [6.45, 7) is 0.170. The van der Waals surface area contributed by atoms with E-state index in [0.717, 1.165) is 0 Å². The molecule has 0 unspecified atom stereocenters. The van der Waals surface area contributed by atoms with E-state index in [-0.39, 0.29) is 50.6 Å². The Hall–Kier alpha value is -2.97. The van der Waals surface area contributed by atoms with Gasteiger partial charge in [0.1, 0.15) is 25.6 Å². The summed E-state index contributed by atoms with van der Waals surface area (Å²) in [7, 11) is 1.50. The second-order valence-electron chi connectivity index (χ2n) is 6.76. The first-order valence-corrected chi connectivity index (χ1v) is 9.64. The maximum absolute atomic E-state index is 13.1. The first kappa shape index (κ1) is 21.7. The number of halogens is 2. The number of carbonyl (C=O) groups is 3. The third kappa shape index (κ3) is 5.14. The monoisotopic (exact) mass is 433 g/mol. The molecule has 0 spiro atoms. The van der Waals surface area contributed by atoms with Crippen LogP contribution in [0.2, 0.25) is 5.02 Å². The average Bonchev–Trinajstić information content (AvgIpc) is 3.13. The second kappa shape index (κ2) is 9.69. The van der Waals surface area contributed by atoms with Crippen LogP contribution in [0, 0.1) is 5.82 Å². The van der Waals surface area contributed by atoms with Crippen LogP contribution >= 0.6 is 11.6 Å². The highest BCUT2D eigenvalue weighted by Gasteiger charge is 2.33. The van der Waals surface area contributed by atoms with E-state index in [0.29, 0.717) is 16.3 Å². The molecule has 30 heavy (non-hydrogen) atoms. The van der Waals surface area contributed by atoms with Crippen molar-refractivity contribution in [3.05, 3.63) is 64.9 Å². The summed E-state index contributed by atoms with van der Waals surface area (Å²) < 4.78 is 18.2. The van der Waals surface area contributed by atoms with Crippen LogP contribution in [0.1, 0.15) is 10.4 Å². The van der Waals surface area contributed by atoms with Crippen molar-refractivity contribution in [1.82, 2.24) is 9.80 Å². The Kier molecular flexibility index (Phi) is 7.02. The Balaban J connectivity index is 1.70. The molecule has 2 aromatic carbocycles. The lowest BCUT2D eigenvalue weighted by atomic mass is 10.2. The van der Waals surface area contributed by atoms with Gasteiger partial charge in [-0.2, -0.15) is 0 Å². The van der Waals surface area contributed by atoms with Crippen molar-refractivity contribution in [1.29, 1.82) is 0 Å². The SMILES string of the molecule is COCCN(CC(=O)N1CC(=O)N(c2ccc(F)cc2)C1)C(=O)c1cccc(Cl)c1. The Bertz CT molecular complexity index is 938. The lowest BCUT2D eigenvalue weighted by molar-refractivity contribution is -0.132. The smallest absolute Gasteiger partial charge is 0.254 e. The molecular formula is C21H21ClFN3O4. The van der Waals surface area contributed by atoms with Crippen molar-refractivity contribution in [2.75, 3.05) is 44.9 Å². The minimum absolute atomic E-state index is 0.0345. The molecule has 2 aromatic rings. The number of anilines is 1. The third-order valence-electron chi connectivity index (χ3n) is 4.68. The summed E-state index contributed by atoms with van der Waals surface area (Å²) in [4.78, 5) is 42.2. The van der Waals surface area contributed by atoms with E-state index in [1.807, 2.05) is 0 Å². The fourth-order valence-electron chi connectivity index (χ4n) is 3.08.